The number of benzene rings is 1. The maximum Gasteiger partial charge on any atom is 0.305 e. The van der Waals surface area contributed by atoms with Crippen LogP contribution < -0.4 is 9.47 Å². The van der Waals surface area contributed by atoms with Gasteiger partial charge in [-0.2, -0.15) is 0 Å². The van der Waals surface area contributed by atoms with E-state index >= 15 is 0 Å². The number of hydrogen-bond acceptors (Lipinski definition) is 5. The predicted molar refractivity (Wildman–Crippen MR) is 81.8 cm³/mol. The van der Waals surface area contributed by atoms with Crippen molar-refractivity contribution in [1.82, 2.24) is 4.90 Å². The predicted octanol–water partition coefficient (Wildman–Crippen LogP) is 2.03. The van der Waals surface area contributed by atoms with Gasteiger partial charge in [-0.1, -0.05) is 11.6 Å². The summed E-state index contributed by atoms with van der Waals surface area (Å²) in [5.74, 6) is 0.410. The van der Waals surface area contributed by atoms with Crippen LogP contribution in [0.2, 0.25) is 5.02 Å². The van der Waals surface area contributed by atoms with Crippen LogP contribution in [0.15, 0.2) is 12.1 Å². The number of hydrogen-bond donors (Lipinski definition) is 1. The van der Waals surface area contributed by atoms with E-state index in [0.717, 1.165) is 5.56 Å². The largest absolute Gasteiger partial charge is 0.497 e. The number of morpholine rings is 1. The summed E-state index contributed by atoms with van der Waals surface area (Å²) in [6, 6.07) is 3.33. The zero-order chi connectivity index (χ0) is 16.1. The van der Waals surface area contributed by atoms with Crippen LogP contribution in [0.25, 0.3) is 0 Å². The monoisotopic (exact) mass is 329 g/mol. The first kappa shape index (κ1) is 16.9. The highest BCUT2D eigenvalue weighted by Crippen LogP contribution is 2.33. The quantitative estimate of drug-likeness (QED) is 0.861. The summed E-state index contributed by atoms with van der Waals surface area (Å²) in [4.78, 5) is 13.1. The van der Waals surface area contributed by atoms with Gasteiger partial charge in [-0.05, 0) is 6.07 Å². The molecule has 0 spiro atoms. The van der Waals surface area contributed by atoms with Gasteiger partial charge < -0.3 is 19.3 Å². The molecule has 22 heavy (non-hydrogen) atoms. The van der Waals surface area contributed by atoms with Crippen LogP contribution in [0.4, 0.5) is 0 Å². The Morgan fingerprint density at radius 1 is 1.45 bits per heavy atom. The van der Waals surface area contributed by atoms with E-state index in [1.807, 2.05) is 0 Å². The molecule has 1 fully saturated rings. The number of carbonyl (C=O) groups is 1. The molecule has 1 saturated heterocycles. The van der Waals surface area contributed by atoms with Gasteiger partial charge in [0.05, 0.1) is 38.9 Å². The van der Waals surface area contributed by atoms with Gasteiger partial charge in [0.15, 0.2) is 0 Å². The molecule has 122 valence electrons. The van der Waals surface area contributed by atoms with Gasteiger partial charge in [0.2, 0.25) is 0 Å². The Labute approximate surface area is 134 Å². The fraction of sp³-hybridized carbons (Fsp3) is 0.533. The molecule has 0 amide bonds. The van der Waals surface area contributed by atoms with Crippen molar-refractivity contribution in [3.8, 4) is 11.5 Å². The van der Waals surface area contributed by atoms with Gasteiger partial charge in [-0.25, -0.2) is 0 Å². The Hall–Kier alpha value is -1.50. The molecule has 0 unspecified atom stereocenters. The molecule has 7 heteroatoms. The van der Waals surface area contributed by atoms with Gasteiger partial charge in [0, 0.05) is 30.8 Å². The maximum absolute atomic E-state index is 11.0. The van der Waals surface area contributed by atoms with Crippen molar-refractivity contribution in [2.24, 2.45) is 0 Å². The van der Waals surface area contributed by atoms with Crippen molar-refractivity contribution in [2.45, 2.75) is 19.0 Å². The minimum atomic E-state index is -0.840. The second-order valence-electron chi connectivity index (χ2n) is 5.09. The zero-order valence-electron chi connectivity index (χ0n) is 12.7. The maximum atomic E-state index is 11.0. The van der Waals surface area contributed by atoms with Crippen LogP contribution in [-0.2, 0) is 16.1 Å². The van der Waals surface area contributed by atoms with Crippen molar-refractivity contribution < 1.29 is 24.1 Å². The molecule has 0 saturated carbocycles. The number of methoxy groups -OCH3 is 2. The molecule has 1 aliphatic rings. The van der Waals surface area contributed by atoms with E-state index in [1.54, 1.807) is 26.4 Å². The first-order chi connectivity index (χ1) is 10.5. The minimum Gasteiger partial charge on any atom is -0.497 e. The first-order valence-corrected chi connectivity index (χ1v) is 7.37. The lowest BCUT2D eigenvalue weighted by Crippen LogP contribution is -2.46. The van der Waals surface area contributed by atoms with Gasteiger partial charge in [-0.3, -0.25) is 9.69 Å². The Balaban J connectivity index is 2.22. The number of rotatable bonds is 6. The van der Waals surface area contributed by atoms with E-state index in [-0.39, 0.29) is 12.5 Å². The summed E-state index contributed by atoms with van der Waals surface area (Å²) < 4.78 is 16.0. The average molecular weight is 330 g/mol. The molecular formula is C15H20ClNO5. The standard InChI is InChI=1S/C15H20ClNO5/c1-20-11-6-13(16)12(14(7-11)21-2)8-17-3-4-22-9-10(17)5-15(18)19/h6-7,10H,3-5,8-9H2,1-2H3,(H,18,19)/t10-/m0/s1. The Morgan fingerprint density at radius 3 is 2.86 bits per heavy atom. The van der Waals surface area contributed by atoms with E-state index in [1.165, 1.54) is 0 Å². The minimum absolute atomic E-state index is 0.0378. The second-order valence-corrected chi connectivity index (χ2v) is 5.49. The third-order valence-corrected chi connectivity index (χ3v) is 4.04. The lowest BCUT2D eigenvalue weighted by atomic mass is 10.1. The molecule has 1 N–H and O–H groups in total. The van der Waals surface area contributed by atoms with Crippen LogP contribution in [0.3, 0.4) is 0 Å². The van der Waals surface area contributed by atoms with Crippen molar-refractivity contribution in [3.05, 3.63) is 22.7 Å². The fourth-order valence-electron chi connectivity index (χ4n) is 2.53. The number of halogens is 1. The molecule has 1 atom stereocenters. The number of nitrogens with zero attached hydrogens (tertiary/aromatic N) is 1. The summed E-state index contributed by atoms with van der Waals surface area (Å²) in [5, 5.41) is 9.56. The zero-order valence-corrected chi connectivity index (χ0v) is 13.4. The van der Waals surface area contributed by atoms with Crippen molar-refractivity contribution in [1.29, 1.82) is 0 Å². The lowest BCUT2D eigenvalue weighted by Gasteiger charge is -2.35. The number of aliphatic carboxylic acids is 1. The third kappa shape index (κ3) is 4.03. The number of carboxylic acids is 1. The highest BCUT2D eigenvalue weighted by molar-refractivity contribution is 6.31. The molecule has 1 aromatic carbocycles. The highest BCUT2D eigenvalue weighted by Gasteiger charge is 2.27. The smallest absolute Gasteiger partial charge is 0.305 e. The second kappa shape index (κ2) is 7.67. The third-order valence-electron chi connectivity index (χ3n) is 3.70. The topological polar surface area (TPSA) is 68.2 Å². The molecule has 0 aliphatic carbocycles. The SMILES string of the molecule is COc1cc(Cl)c(CN2CCOC[C@@H]2CC(=O)O)c(OC)c1. The highest BCUT2D eigenvalue weighted by atomic mass is 35.5. The molecule has 0 radical (unpaired) electrons. The van der Waals surface area contributed by atoms with Gasteiger partial charge in [0.25, 0.3) is 0 Å². The van der Waals surface area contributed by atoms with Crippen LogP contribution in [-0.4, -0.2) is 56.0 Å². The van der Waals surface area contributed by atoms with E-state index in [2.05, 4.69) is 4.90 Å². The van der Waals surface area contributed by atoms with E-state index in [9.17, 15) is 4.79 Å². The van der Waals surface area contributed by atoms with E-state index in [4.69, 9.17) is 30.9 Å². The van der Waals surface area contributed by atoms with Crippen molar-refractivity contribution in [3.63, 3.8) is 0 Å². The summed E-state index contributed by atoms with van der Waals surface area (Å²) in [6.07, 6.45) is 0.0378. The molecular weight excluding hydrogens is 310 g/mol. The molecule has 0 bridgehead atoms. The van der Waals surface area contributed by atoms with Crippen LogP contribution in [0.5, 0.6) is 11.5 Å². The molecule has 2 rings (SSSR count). The van der Waals surface area contributed by atoms with Crippen molar-refractivity contribution in [2.75, 3.05) is 34.0 Å². The Kier molecular flexibility index (Phi) is 5.88. The molecule has 1 aromatic rings. The fourth-order valence-corrected chi connectivity index (χ4v) is 2.79. The molecule has 1 heterocycles. The number of carboxylic acid groups (broad SMARTS) is 1. The lowest BCUT2D eigenvalue weighted by molar-refractivity contribution is -0.140. The van der Waals surface area contributed by atoms with Crippen molar-refractivity contribution >= 4 is 17.6 Å². The summed E-state index contributed by atoms with van der Waals surface area (Å²) in [6.45, 7) is 2.14. The van der Waals surface area contributed by atoms with Crippen LogP contribution in [0, 0.1) is 0 Å². The summed E-state index contributed by atoms with van der Waals surface area (Å²) in [7, 11) is 3.14. The molecule has 0 aromatic heterocycles. The number of ether oxygens (including phenoxy) is 3. The van der Waals surface area contributed by atoms with Gasteiger partial charge in [0.1, 0.15) is 11.5 Å². The average Bonchev–Trinajstić information content (AvgIpc) is 2.50. The summed E-state index contributed by atoms with van der Waals surface area (Å²) in [5.41, 5.74) is 0.822. The van der Waals surface area contributed by atoms with Gasteiger partial charge in [-0.15, -0.1) is 0 Å². The van der Waals surface area contributed by atoms with Crippen LogP contribution in [0.1, 0.15) is 12.0 Å². The summed E-state index contributed by atoms with van der Waals surface area (Å²) >= 11 is 6.33. The van der Waals surface area contributed by atoms with Gasteiger partial charge >= 0.3 is 5.97 Å². The Bertz CT molecular complexity index is 537. The van der Waals surface area contributed by atoms with E-state index < -0.39 is 5.97 Å². The molecule has 1 aliphatic heterocycles. The Morgan fingerprint density at radius 2 is 2.23 bits per heavy atom. The normalized spacial score (nSPS) is 19.0. The van der Waals surface area contributed by atoms with Crippen LogP contribution >= 0.6 is 11.6 Å². The van der Waals surface area contributed by atoms with E-state index in [0.29, 0.717) is 42.8 Å². The first-order valence-electron chi connectivity index (χ1n) is 6.99. The molecule has 6 nitrogen and oxygen atoms in total.